The first-order valence-electron chi connectivity index (χ1n) is 13.6. The summed E-state index contributed by atoms with van der Waals surface area (Å²) < 4.78 is 24.5. The van der Waals surface area contributed by atoms with Crippen molar-refractivity contribution in [2.24, 2.45) is 4.99 Å². The monoisotopic (exact) mass is 584 g/mol. The second kappa shape index (κ2) is 12.5. The summed E-state index contributed by atoms with van der Waals surface area (Å²) in [6, 6.07) is 21.5. The van der Waals surface area contributed by atoms with Crippen molar-refractivity contribution >= 4 is 29.1 Å². The van der Waals surface area contributed by atoms with E-state index in [2.05, 4.69) is 0 Å². The maximum absolute atomic E-state index is 14.2. The molecule has 0 aliphatic carbocycles. The number of carbonyl (C=O) groups is 1. The van der Waals surface area contributed by atoms with Crippen LogP contribution in [-0.2, 0) is 9.53 Å². The van der Waals surface area contributed by atoms with Crippen LogP contribution in [0.2, 0.25) is 0 Å². The normalized spacial score (nSPS) is 14.8. The van der Waals surface area contributed by atoms with Crippen molar-refractivity contribution in [3.8, 4) is 17.2 Å². The zero-order valence-corrected chi connectivity index (χ0v) is 24.9. The fourth-order valence-corrected chi connectivity index (χ4v) is 5.84. The van der Waals surface area contributed by atoms with Gasteiger partial charge in [-0.05, 0) is 50.6 Å². The molecule has 1 aliphatic rings. The quantitative estimate of drug-likeness (QED) is 0.264. The molecule has 0 saturated carbocycles. The Hall–Kier alpha value is -4.63. The molecule has 0 amide bonds. The molecule has 0 N–H and O–H groups in total. The van der Waals surface area contributed by atoms with E-state index in [1.807, 2.05) is 86.6 Å². The molecule has 0 unspecified atom stereocenters. The second-order valence-electron chi connectivity index (χ2n) is 9.75. The summed E-state index contributed by atoms with van der Waals surface area (Å²) in [4.78, 5) is 33.2. The summed E-state index contributed by atoms with van der Waals surface area (Å²) >= 11 is 1.25. The highest BCUT2D eigenvalue weighted by atomic mass is 32.1. The van der Waals surface area contributed by atoms with Gasteiger partial charge in [-0.2, -0.15) is 0 Å². The van der Waals surface area contributed by atoms with E-state index in [0.717, 1.165) is 11.1 Å². The molecule has 0 spiro atoms. The van der Waals surface area contributed by atoms with Gasteiger partial charge in [0.1, 0.15) is 5.75 Å². The number of ether oxygens (including phenoxy) is 4. The lowest BCUT2D eigenvalue weighted by atomic mass is 9.93. The van der Waals surface area contributed by atoms with Gasteiger partial charge in [-0.1, -0.05) is 65.9 Å². The second-order valence-corrected chi connectivity index (χ2v) is 10.8. The zero-order valence-electron chi connectivity index (χ0n) is 24.1. The number of hydrogen-bond acceptors (Lipinski definition) is 8. The van der Waals surface area contributed by atoms with Crippen LogP contribution in [0.5, 0.6) is 17.2 Å². The van der Waals surface area contributed by atoms with E-state index in [0.29, 0.717) is 37.8 Å². The molecule has 42 heavy (non-hydrogen) atoms. The molecule has 1 atom stereocenters. The van der Waals surface area contributed by atoms with Gasteiger partial charge in [0.15, 0.2) is 16.3 Å². The molecule has 0 fully saturated rings. The van der Waals surface area contributed by atoms with Gasteiger partial charge in [0.05, 0.1) is 48.8 Å². The van der Waals surface area contributed by atoms with E-state index in [1.54, 1.807) is 31.8 Å². The van der Waals surface area contributed by atoms with E-state index < -0.39 is 12.0 Å². The number of thiazole rings is 1. The lowest BCUT2D eigenvalue weighted by molar-refractivity contribution is -0.138. The molecule has 216 valence electrons. The van der Waals surface area contributed by atoms with Crippen LogP contribution in [0.3, 0.4) is 0 Å². The van der Waals surface area contributed by atoms with Crippen LogP contribution in [0.1, 0.15) is 43.5 Å². The molecule has 1 aliphatic heterocycles. The van der Waals surface area contributed by atoms with Crippen molar-refractivity contribution in [1.29, 1.82) is 0 Å². The molecule has 4 aromatic rings. The van der Waals surface area contributed by atoms with Crippen LogP contribution >= 0.6 is 11.3 Å². The number of esters is 1. The van der Waals surface area contributed by atoms with Crippen molar-refractivity contribution in [1.82, 2.24) is 4.57 Å². The lowest BCUT2D eigenvalue weighted by Crippen LogP contribution is -2.40. The summed E-state index contributed by atoms with van der Waals surface area (Å²) in [5.74, 6) is 1.24. The molecule has 8 nitrogen and oxygen atoms in total. The third-order valence-electron chi connectivity index (χ3n) is 6.67. The van der Waals surface area contributed by atoms with Gasteiger partial charge >= 0.3 is 5.97 Å². The van der Waals surface area contributed by atoms with Gasteiger partial charge in [0, 0.05) is 11.1 Å². The number of benzene rings is 3. The number of nitrogens with zero attached hydrogens (tertiary/aromatic N) is 2. The average Bonchev–Trinajstić information content (AvgIpc) is 3.31. The minimum Gasteiger partial charge on any atom is -0.497 e. The van der Waals surface area contributed by atoms with Crippen LogP contribution < -0.4 is 29.1 Å². The zero-order chi connectivity index (χ0) is 29.8. The number of methoxy groups -OCH3 is 2. The van der Waals surface area contributed by atoms with Crippen LogP contribution in [0.4, 0.5) is 0 Å². The summed E-state index contributed by atoms with van der Waals surface area (Å²) in [5.41, 5.74) is 2.64. The molecular weight excluding hydrogens is 552 g/mol. The molecule has 5 rings (SSSR count). The Bertz CT molecular complexity index is 1800. The summed E-state index contributed by atoms with van der Waals surface area (Å²) in [6.45, 7) is 5.80. The fraction of sp³-hybridized carbons (Fsp3) is 0.242. The number of rotatable bonds is 9. The Morgan fingerprint density at radius 1 is 1.00 bits per heavy atom. The van der Waals surface area contributed by atoms with Crippen molar-refractivity contribution in [2.75, 3.05) is 20.8 Å². The standard InChI is InChI=1S/C33H32N2O6S/c1-6-40-32(37)27-28(21-11-8-7-9-12-21)34-33-35(29(27)22-15-17-24(38-4)18-16-22)31(36)26(42-33)19-23-13-10-14-25(39-5)30(23)41-20(2)3/h7-20,29H,6H2,1-5H3/b26-19-/t29-/m0/s1. The van der Waals surface area contributed by atoms with Crippen molar-refractivity contribution in [2.45, 2.75) is 32.9 Å². The van der Waals surface area contributed by atoms with Crippen LogP contribution in [0.25, 0.3) is 11.8 Å². The van der Waals surface area contributed by atoms with E-state index in [1.165, 1.54) is 11.3 Å². The molecule has 2 heterocycles. The number of para-hydroxylation sites is 1. The molecule has 3 aromatic carbocycles. The Balaban J connectivity index is 1.81. The van der Waals surface area contributed by atoms with Crippen LogP contribution in [0, 0.1) is 0 Å². The lowest BCUT2D eigenvalue weighted by Gasteiger charge is -2.26. The van der Waals surface area contributed by atoms with Crippen molar-refractivity contribution in [3.63, 3.8) is 0 Å². The molecule has 1 aromatic heterocycles. The predicted octanol–water partition coefficient (Wildman–Crippen LogP) is 4.74. The van der Waals surface area contributed by atoms with E-state index >= 15 is 0 Å². The summed E-state index contributed by atoms with van der Waals surface area (Å²) in [6.07, 6.45) is 1.68. The summed E-state index contributed by atoms with van der Waals surface area (Å²) in [5, 5.41) is 0. The minimum absolute atomic E-state index is 0.106. The largest absolute Gasteiger partial charge is 0.497 e. The maximum atomic E-state index is 14.2. The molecular formula is C33H32N2O6S. The Morgan fingerprint density at radius 3 is 2.38 bits per heavy atom. The van der Waals surface area contributed by atoms with Gasteiger partial charge in [-0.3, -0.25) is 9.36 Å². The van der Waals surface area contributed by atoms with Crippen molar-refractivity contribution in [3.05, 3.63) is 115 Å². The Labute approximate surface area is 247 Å². The van der Waals surface area contributed by atoms with Crippen LogP contribution in [-0.4, -0.2) is 37.5 Å². The number of aromatic nitrogens is 1. The number of hydrogen-bond donors (Lipinski definition) is 0. The number of carbonyl (C=O) groups excluding carboxylic acids is 1. The van der Waals surface area contributed by atoms with Gasteiger partial charge in [-0.15, -0.1) is 0 Å². The third kappa shape index (κ3) is 5.60. The first-order chi connectivity index (χ1) is 20.4. The average molecular weight is 585 g/mol. The SMILES string of the molecule is CCOC(=O)C1=C(c2ccccc2)N=c2s/c(=C\c3cccc(OC)c3OC(C)C)c(=O)n2[C@H]1c1ccc(OC)cc1. The first kappa shape index (κ1) is 28.9. The van der Waals surface area contributed by atoms with Crippen molar-refractivity contribution < 1.29 is 23.7 Å². The predicted molar refractivity (Wildman–Crippen MR) is 163 cm³/mol. The highest BCUT2D eigenvalue weighted by molar-refractivity contribution is 7.07. The van der Waals surface area contributed by atoms with Gasteiger partial charge < -0.3 is 18.9 Å². The topological polar surface area (TPSA) is 88.4 Å². The molecule has 0 saturated heterocycles. The van der Waals surface area contributed by atoms with E-state index in [-0.39, 0.29) is 23.8 Å². The minimum atomic E-state index is -0.778. The molecule has 9 heteroatoms. The third-order valence-corrected chi connectivity index (χ3v) is 7.66. The summed E-state index contributed by atoms with van der Waals surface area (Å²) in [7, 11) is 3.17. The van der Waals surface area contributed by atoms with E-state index in [9.17, 15) is 9.59 Å². The van der Waals surface area contributed by atoms with Gasteiger partial charge in [-0.25, -0.2) is 9.79 Å². The van der Waals surface area contributed by atoms with Crippen LogP contribution in [0.15, 0.2) is 88.2 Å². The Morgan fingerprint density at radius 2 is 1.74 bits per heavy atom. The van der Waals surface area contributed by atoms with Gasteiger partial charge in [0.2, 0.25) is 0 Å². The van der Waals surface area contributed by atoms with Gasteiger partial charge in [0.25, 0.3) is 5.56 Å². The molecule has 0 bridgehead atoms. The Kier molecular flexibility index (Phi) is 8.59. The first-order valence-corrected chi connectivity index (χ1v) is 14.4. The highest BCUT2D eigenvalue weighted by Gasteiger charge is 2.35. The maximum Gasteiger partial charge on any atom is 0.338 e. The molecule has 0 radical (unpaired) electrons. The van der Waals surface area contributed by atoms with E-state index in [4.69, 9.17) is 23.9 Å². The fourth-order valence-electron chi connectivity index (χ4n) is 4.85. The number of fused-ring (bicyclic) bond motifs is 1. The highest BCUT2D eigenvalue weighted by Crippen LogP contribution is 2.36. The smallest absolute Gasteiger partial charge is 0.338 e.